The van der Waals surface area contributed by atoms with Gasteiger partial charge in [0.15, 0.2) is 0 Å². The molecule has 0 bridgehead atoms. The summed E-state index contributed by atoms with van der Waals surface area (Å²) in [4.78, 5) is 0. The van der Waals surface area contributed by atoms with Crippen LogP contribution in [0.15, 0.2) is 60.7 Å². The van der Waals surface area contributed by atoms with Gasteiger partial charge >= 0.3 is 0 Å². The number of allylic oxidation sites excluding steroid dienone is 5. The summed E-state index contributed by atoms with van der Waals surface area (Å²) in [6.07, 6.45) is 7.33. The molecule has 0 aliphatic rings. The topological polar surface area (TPSA) is 0 Å². The summed E-state index contributed by atoms with van der Waals surface area (Å²) in [6, 6.07) is 10.4. The van der Waals surface area contributed by atoms with Crippen LogP contribution in [-0.2, 0) is 0 Å². The molecule has 1 rings (SSSR count). The van der Waals surface area contributed by atoms with E-state index in [-0.39, 0.29) is 0 Å². The summed E-state index contributed by atoms with van der Waals surface area (Å²) < 4.78 is 0. The van der Waals surface area contributed by atoms with E-state index < -0.39 is 0 Å². The van der Waals surface area contributed by atoms with Crippen molar-refractivity contribution in [1.82, 2.24) is 0 Å². The molecule has 0 unspecified atom stereocenters. The van der Waals surface area contributed by atoms with Gasteiger partial charge in [0.05, 0.1) is 0 Å². The molecule has 0 nitrogen and oxygen atoms in total. The Morgan fingerprint density at radius 2 is 1.87 bits per heavy atom. The maximum atomic E-state index is 3.96. The summed E-state index contributed by atoms with van der Waals surface area (Å²) in [5.74, 6) is 0. The molecule has 0 aliphatic carbocycles. The molecule has 0 saturated heterocycles. The van der Waals surface area contributed by atoms with E-state index in [1.54, 1.807) is 0 Å². The van der Waals surface area contributed by atoms with Crippen LogP contribution in [0.4, 0.5) is 0 Å². The molecule has 0 radical (unpaired) electrons. The second-order valence-corrected chi connectivity index (χ2v) is 3.46. The minimum absolute atomic E-state index is 1.00. The zero-order valence-corrected chi connectivity index (χ0v) is 9.53. The molecule has 0 spiro atoms. The van der Waals surface area contributed by atoms with Crippen molar-refractivity contribution in [2.45, 2.75) is 20.3 Å². The van der Waals surface area contributed by atoms with E-state index >= 15 is 0 Å². The second kappa shape index (κ2) is 6.02. The lowest BCUT2D eigenvalue weighted by molar-refractivity contribution is 1.16. The van der Waals surface area contributed by atoms with E-state index in [1.807, 2.05) is 6.07 Å². The first-order chi connectivity index (χ1) is 7.27. The Kier molecular flexibility index (Phi) is 4.62. The average Bonchev–Trinajstić information content (AvgIpc) is 2.31. The Balaban J connectivity index is 2.84. The number of benzene rings is 1. The lowest BCUT2D eigenvalue weighted by Crippen LogP contribution is -1.79. The average molecular weight is 198 g/mol. The molecule has 0 saturated carbocycles. The van der Waals surface area contributed by atoms with Crippen molar-refractivity contribution in [2.24, 2.45) is 0 Å². The molecule has 0 atom stereocenters. The van der Waals surface area contributed by atoms with Gasteiger partial charge in [-0.25, -0.2) is 0 Å². The van der Waals surface area contributed by atoms with Crippen molar-refractivity contribution in [3.05, 3.63) is 66.3 Å². The third-order valence-corrected chi connectivity index (χ3v) is 2.37. The normalized spacial score (nSPS) is 12.0. The molecule has 15 heavy (non-hydrogen) atoms. The van der Waals surface area contributed by atoms with E-state index in [2.05, 4.69) is 62.9 Å². The van der Waals surface area contributed by atoms with E-state index in [4.69, 9.17) is 0 Å². The summed E-state index contributed by atoms with van der Waals surface area (Å²) in [5, 5.41) is 0. The lowest BCUT2D eigenvalue weighted by atomic mass is 10.0. The quantitative estimate of drug-likeness (QED) is 0.620. The van der Waals surface area contributed by atoms with E-state index in [0.717, 1.165) is 12.0 Å². The van der Waals surface area contributed by atoms with Crippen LogP contribution >= 0.6 is 0 Å². The Morgan fingerprint density at radius 3 is 2.40 bits per heavy atom. The zero-order valence-electron chi connectivity index (χ0n) is 9.53. The first kappa shape index (κ1) is 11.5. The predicted molar refractivity (Wildman–Crippen MR) is 68.7 cm³/mol. The largest absolute Gasteiger partial charge is 0.0958 e. The third kappa shape index (κ3) is 3.59. The van der Waals surface area contributed by atoms with Crippen LogP contribution in [0.1, 0.15) is 25.8 Å². The molecule has 0 heteroatoms. The van der Waals surface area contributed by atoms with Crippen molar-refractivity contribution in [1.29, 1.82) is 0 Å². The second-order valence-electron chi connectivity index (χ2n) is 3.46. The van der Waals surface area contributed by atoms with Gasteiger partial charge in [-0.3, -0.25) is 0 Å². The monoisotopic (exact) mass is 198 g/mol. The van der Waals surface area contributed by atoms with Gasteiger partial charge in [-0.05, 0) is 24.5 Å². The van der Waals surface area contributed by atoms with Crippen molar-refractivity contribution >= 4 is 5.57 Å². The Labute approximate surface area is 92.6 Å². The Morgan fingerprint density at radius 1 is 1.20 bits per heavy atom. The molecule has 1 aromatic carbocycles. The molecule has 0 amide bonds. The van der Waals surface area contributed by atoms with Crippen molar-refractivity contribution in [2.75, 3.05) is 0 Å². The highest BCUT2D eigenvalue weighted by atomic mass is 14.0. The fourth-order valence-corrected chi connectivity index (χ4v) is 1.32. The highest BCUT2D eigenvalue weighted by molar-refractivity contribution is 5.74. The van der Waals surface area contributed by atoms with Gasteiger partial charge in [0.2, 0.25) is 0 Å². The van der Waals surface area contributed by atoms with Crippen LogP contribution in [0.5, 0.6) is 0 Å². The molecule has 0 N–H and O–H groups in total. The van der Waals surface area contributed by atoms with Crippen LogP contribution in [0.25, 0.3) is 5.57 Å². The van der Waals surface area contributed by atoms with E-state index in [9.17, 15) is 0 Å². The fraction of sp³-hybridized carbons (Fsp3) is 0.200. The maximum absolute atomic E-state index is 3.96. The van der Waals surface area contributed by atoms with Gasteiger partial charge < -0.3 is 0 Å². The minimum atomic E-state index is 1.00. The Bertz CT molecular complexity index is 366. The summed E-state index contributed by atoms with van der Waals surface area (Å²) in [5.41, 5.74) is 3.65. The SMILES string of the molecule is C=C(/C=C\C(=C/C)c1ccccc1)CC. The minimum Gasteiger partial charge on any atom is -0.0958 e. The smallest absolute Gasteiger partial charge is 0.0187 e. The molecule has 78 valence electrons. The predicted octanol–water partition coefficient (Wildman–Crippen LogP) is 4.61. The maximum Gasteiger partial charge on any atom is -0.0187 e. The molecule has 0 heterocycles. The Hall–Kier alpha value is -1.56. The van der Waals surface area contributed by atoms with Crippen molar-refractivity contribution in [3.8, 4) is 0 Å². The van der Waals surface area contributed by atoms with Gasteiger partial charge in [0.25, 0.3) is 0 Å². The van der Waals surface area contributed by atoms with Gasteiger partial charge in [0.1, 0.15) is 0 Å². The molecule has 1 aromatic rings. The molecular weight excluding hydrogens is 180 g/mol. The standard InChI is InChI=1S/C15H18/c1-4-13(3)11-12-14(5-2)15-9-7-6-8-10-15/h5-12H,3-4H2,1-2H3/b12-11-,14-5+. The molecule has 0 aromatic heterocycles. The van der Waals surface area contributed by atoms with Crippen molar-refractivity contribution in [3.63, 3.8) is 0 Å². The van der Waals surface area contributed by atoms with Crippen molar-refractivity contribution < 1.29 is 0 Å². The van der Waals surface area contributed by atoms with Crippen LogP contribution < -0.4 is 0 Å². The van der Waals surface area contributed by atoms with Crippen LogP contribution in [-0.4, -0.2) is 0 Å². The molecule has 0 aliphatic heterocycles. The first-order valence-electron chi connectivity index (χ1n) is 5.35. The highest BCUT2D eigenvalue weighted by Gasteiger charge is 1.94. The summed E-state index contributed by atoms with van der Waals surface area (Å²) in [7, 11) is 0. The summed E-state index contributed by atoms with van der Waals surface area (Å²) in [6.45, 7) is 8.13. The highest BCUT2D eigenvalue weighted by Crippen LogP contribution is 2.16. The van der Waals surface area contributed by atoms with Crippen LogP contribution in [0, 0.1) is 0 Å². The van der Waals surface area contributed by atoms with Gasteiger partial charge in [-0.1, -0.05) is 67.6 Å². The van der Waals surface area contributed by atoms with E-state index in [0.29, 0.717) is 0 Å². The number of rotatable bonds is 4. The first-order valence-corrected chi connectivity index (χ1v) is 5.35. The number of hydrogen-bond donors (Lipinski definition) is 0. The molecule has 0 fully saturated rings. The van der Waals surface area contributed by atoms with Crippen LogP contribution in [0.3, 0.4) is 0 Å². The van der Waals surface area contributed by atoms with Crippen LogP contribution in [0.2, 0.25) is 0 Å². The fourth-order valence-electron chi connectivity index (χ4n) is 1.32. The summed E-state index contributed by atoms with van der Waals surface area (Å²) >= 11 is 0. The number of hydrogen-bond acceptors (Lipinski definition) is 0. The lowest BCUT2D eigenvalue weighted by Gasteiger charge is -2.01. The third-order valence-electron chi connectivity index (χ3n) is 2.37. The van der Waals surface area contributed by atoms with E-state index in [1.165, 1.54) is 11.1 Å². The zero-order chi connectivity index (χ0) is 11.1. The van der Waals surface area contributed by atoms with Gasteiger partial charge in [-0.2, -0.15) is 0 Å². The van der Waals surface area contributed by atoms with Gasteiger partial charge in [0, 0.05) is 0 Å². The van der Waals surface area contributed by atoms with Gasteiger partial charge in [-0.15, -0.1) is 0 Å². The molecular formula is C15H18.